The van der Waals surface area contributed by atoms with Crippen LogP contribution in [0.3, 0.4) is 0 Å². The summed E-state index contributed by atoms with van der Waals surface area (Å²) >= 11 is 0. The first-order valence-corrected chi connectivity index (χ1v) is 11.5. The van der Waals surface area contributed by atoms with Gasteiger partial charge in [0, 0.05) is 30.4 Å². The van der Waals surface area contributed by atoms with Crippen molar-refractivity contribution < 1.29 is 22.7 Å². The first-order chi connectivity index (χ1) is 14.6. The molecule has 1 aliphatic rings. The minimum absolute atomic E-state index is 0.0568. The van der Waals surface area contributed by atoms with E-state index in [2.05, 4.69) is 10.0 Å². The summed E-state index contributed by atoms with van der Waals surface area (Å²) in [5, 5.41) is 2.74. The van der Waals surface area contributed by atoms with Gasteiger partial charge in [-0.05, 0) is 69.2 Å². The van der Waals surface area contributed by atoms with Crippen molar-refractivity contribution in [1.82, 2.24) is 5.32 Å². The lowest BCUT2D eigenvalue weighted by Crippen LogP contribution is -2.30. The second kappa shape index (κ2) is 8.97. The standard InChI is InChI=1S/C22H27N3O5S/c1-14(2)23-22(27)18-13-17(8-10-20(18)30-4)31(28,29)24-16-7-9-19(15(3)12-16)25-11-5-6-21(25)26/h7-10,12-14,24H,5-6,11H2,1-4H3,(H,23,27). The Morgan fingerprint density at radius 3 is 2.48 bits per heavy atom. The van der Waals surface area contributed by atoms with Crippen LogP contribution in [0.4, 0.5) is 11.4 Å². The Hall–Kier alpha value is -3.07. The first-order valence-electron chi connectivity index (χ1n) is 10.0. The Kier molecular flexibility index (Phi) is 6.54. The number of benzene rings is 2. The number of nitrogens with one attached hydrogen (secondary N) is 2. The lowest BCUT2D eigenvalue weighted by Gasteiger charge is -2.19. The van der Waals surface area contributed by atoms with Crippen molar-refractivity contribution in [2.45, 2.75) is 44.6 Å². The van der Waals surface area contributed by atoms with Gasteiger partial charge >= 0.3 is 0 Å². The normalized spacial score (nSPS) is 14.1. The van der Waals surface area contributed by atoms with Gasteiger partial charge in [-0.3, -0.25) is 14.3 Å². The molecule has 0 atom stereocenters. The lowest BCUT2D eigenvalue weighted by atomic mass is 10.1. The number of rotatable bonds is 7. The van der Waals surface area contributed by atoms with Crippen molar-refractivity contribution in [1.29, 1.82) is 0 Å². The van der Waals surface area contributed by atoms with E-state index in [0.717, 1.165) is 17.7 Å². The topological polar surface area (TPSA) is 105 Å². The number of hydrogen-bond donors (Lipinski definition) is 2. The van der Waals surface area contributed by atoms with Gasteiger partial charge < -0.3 is 15.0 Å². The molecule has 3 rings (SSSR count). The van der Waals surface area contributed by atoms with E-state index in [-0.39, 0.29) is 28.2 Å². The maximum Gasteiger partial charge on any atom is 0.261 e. The summed E-state index contributed by atoms with van der Waals surface area (Å²) in [7, 11) is -2.53. The van der Waals surface area contributed by atoms with E-state index in [1.165, 1.54) is 25.3 Å². The minimum Gasteiger partial charge on any atom is -0.496 e. The molecule has 0 aliphatic carbocycles. The molecule has 0 aromatic heterocycles. The minimum atomic E-state index is -3.95. The highest BCUT2D eigenvalue weighted by Gasteiger charge is 2.24. The second-order valence-electron chi connectivity index (χ2n) is 7.75. The highest BCUT2D eigenvalue weighted by atomic mass is 32.2. The van der Waals surface area contributed by atoms with E-state index in [1.54, 1.807) is 23.1 Å². The number of carbonyl (C=O) groups is 2. The maximum absolute atomic E-state index is 13.0. The summed E-state index contributed by atoms with van der Waals surface area (Å²) in [5.74, 6) is -0.0613. The molecule has 1 aliphatic heterocycles. The van der Waals surface area contributed by atoms with Gasteiger partial charge in [0.1, 0.15) is 5.75 Å². The summed E-state index contributed by atoms with van der Waals surface area (Å²) in [6.45, 7) is 6.13. The van der Waals surface area contributed by atoms with Crippen LogP contribution in [0.5, 0.6) is 5.75 Å². The summed E-state index contributed by atoms with van der Waals surface area (Å²) in [6.07, 6.45) is 1.34. The highest BCUT2D eigenvalue weighted by molar-refractivity contribution is 7.92. The van der Waals surface area contributed by atoms with Gasteiger partial charge in [-0.25, -0.2) is 8.42 Å². The predicted octanol–water partition coefficient (Wildman–Crippen LogP) is 3.07. The van der Waals surface area contributed by atoms with Gasteiger partial charge in [-0.2, -0.15) is 0 Å². The number of hydrogen-bond acceptors (Lipinski definition) is 5. The average Bonchev–Trinajstić information content (AvgIpc) is 3.12. The fraction of sp³-hybridized carbons (Fsp3) is 0.364. The maximum atomic E-state index is 13.0. The number of ether oxygens (including phenoxy) is 1. The molecule has 166 valence electrons. The molecular weight excluding hydrogens is 418 g/mol. The fourth-order valence-corrected chi connectivity index (χ4v) is 4.59. The molecular formula is C22H27N3O5S. The highest BCUT2D eigenvalue weighted by Crippen LogP contribution is 2.29. The van der Waals surface area contributed by atoms with E-state index in [0.29, 0.717) is 18.7 Å². The third-order valence-electron chi connectivity index (χ3n) is 4.96. The van der Waals surface area contributed by atoms with Crippen LogP contribution in [0.15, 0.2) is 41.3 Å². The Morgan fingerprint density at radius 2 is 1.90 bits per heavy atom. The molecule has 9 heteroatoms. The van der Waals surface area contributed by atoms with Crippen molar-refractivity contribution in [2.75, 3.05) is 23.3 Å². The third kappa shape index (κ3) is 4.99. The van der Waals surface area contributed by atoms with Crippen LogP contribution in [0, 0.1) is 6.92 Å². The van der Waals surface area contributed by atoms with Gasteiger partial charge in [0.15, 0.2) is 0 Å². The Bertz CT molecular complexity index is 1110. The zero-order valence-corrected chi connectivity index (χ0v) is 18.9. The quantitative estimate of drug-likeness (QED) is 0.682. The van der Waals surface area contributed by atoms with Crippen LogP contribution in [-0.2, 0) is 14.8 Å². The molecule has 2 N–H and O–H groups in total. The average molecular weight is 446 g/mol. The van der Waals surface area contributed by atoms with E-state index >= 15 is 0 Å². The van der Waals surface area contributed by atoms with Crippen molar-refractivity contribution in [3.05, 3.63) is 47.5 Å². The number of carbonyl (C=O) groups excluding carboxylic acids is 2. The summed E-state index contributed by atoms with van der Waals surface area (Å²) in [4.78, 5) is 26.1. The molecule has 1 saturated heterocycles. The fourth-order valence-electron chi connectivity index (χ4n) is 3.51. The number of aryl methyl sites for hydroxylation is 1. The predicted molar refractivity (Wildman–Crippen MR) is 119 cm³/mol. The molecule has 0 radical (unpaired) electrons. The Morgan fingerprint density at radius 1 is 1.16 bits per heavy atom. The third-order valence-corrected chi connectivity index (χ3v) is 6.34. The van der Waals surface area contributed by atoms with Crippen LogP contribution >= 0.6 is 0 Å². The number of amides is 2. The van der Waals surface area contributed by atoms with Crippen LogP contribution in [0.25, 0.3) is 0 Å². The Balaban J connectivity index is 1.87. The van der Waals surface area contributed by atoms with Crippen LogP contribution < -0.4 is 19.7 Å². The van der Waals surface area contributed by atoms with E-state index in [1.807, 2.05) is 20.8 Å². The van der Waals surface area contributed by atoms with Gasteiger partial charge in [-0.1, -0.05) is 0 Å². The molecule has 2 aromatic rings. The molecule has 2 amide bonds. The molecule has 8 nitrogen and oxygen atoms in total. The van der Waals surface area contributed by atoms with E-state index in [9.17, 15) is 18.0 Å². The van der Waals surface area contributed by atoms with Crippen LogP contribution in [0.2, 0.25) is 0 Å². The molecule has 2 aromatic carbocycles. The smallest absolute Gasteiger partial charge is 0.261 e. The van der Waals surface area contributed by atoms with Crippen molar-refractivity contribution in [3.8, 4) is 5.75 Å². The largest absolute Gasteiger partial charge is 0.496 e. The molecule has 0 spiro atoms. The lowest BCUT2D eigenvalue weighted by molar-refractivity contribution is -0.117. The number of sulfonamides is 1. The van der Waals surface area contributed by atoms with Crippen molar-refractivity contribution in [2.24, 2.45) is 0 Å². The molecule has 0 unspecified atom stereocenters. The van der Waals surface area contributed by atoms with Gasteiger partial charge in [0.25, 0.3) is 15.9 Å². The molecule has 31 heavy (non-hydrogen) atoms. The van der Waals surface area contributed by atoms with Crippen LogP contribution in [-0.4, -0.2) is 39.9 Å². The van der Waals surface area contributed by atoms with Crippen LogP contribution in [0.1, 0.15) is 42.6 Å². The number of nitrogens with zero attached hydrogens (tertiary/aromatic N) is 1. The molecule has 0 bridgehead atoms. The second-order valence-corrected chi connectivity index (χ2v) is 9.43. The number of methoxy groups -OCH3 is 1. The zero-order chi connectivity index (χ0) is 22.8. The monoisotopic (exact) mass is 445 g/mol. The van der Waals surface area contributed by atoms with Gasteiger partial charge in [0.2, 0.25) is 5.91 Å². The summed E-state index contributed by atoms with van der Waals surface area (Å²) < 4.78 is 33.7. The number of anilines is 2. The van der Waals surface area contributed by atoms with Crippen molar-refractivity contribution >= 4 is 33.2 Å². The molecule has 1 heterocycles. The SMILES string of the molecule is COc1ccc(S(=O)(=O)Nc2ccc(N3CCCC3=O)c(C)c2)cc1C(=O)NC(C)C. The summed E-state index contributed by atoms with van der Waals surface area (Å²) in [5.41, 5.74) is 2.08. The van der Waals surface area contributed by atoms with E-state index in [4.69, 9.17) is 4.74 Å². The molecule has 0 saturated carbocycles. The van der Waals surface area contributed by atoms with E-state index < -0.39 is 15.9 Å². The van der Waals surface area contributed by atoms with Gasteiger partial charge in [-0.15, -0.1) is 0 Å². The Labute approximate surface area is 182 Å². The summed E-state index contributed by atoms with van der Waals surface area (Å²) in [6, 6.07) is 9.08. The zero-order valence-electron chi connectivity index (χ0n) is 18.1. The molecule has 1 fully saturated rings. The van der Waals surface area contributed by atoms with Gasteiger partial charge in [0.05, 0.1) is 17.6 Å². The van der Waals surface area contributed by atoms with Crippen molar-refractivity contribution in [3.63, 3.8) is 0 Å². The first kappa shape index (κ1) is 22.6.